The standard InChI is InChI=1S/C25H26N2O2/c1-25(2,3)20-14-16-21(17-15-20)26-23(28)24(29)27(22-12-8-5-9-13-22)18-19-10-6-4-7-11-19/h4-17H,18H2,1-3H3,(H,26,28). The van der Waals surface area contributed by atoms with Crippen molar-refractivity contribution in [2.24, 2.45) is 0 Å². The molecule has 4 heteroatoms. The molecule has 0 saturated carbocycles. The zero-order valence-corrected chi connectivity index (χ0v) is 17.1. The fourth-order valence-electron chi connectivity index (χ4n) is 3.01. The van der Waals surface area contributed by atoms with E-state index in [1.165, 1.54) is 4.90 Å². The van der Waals surface area contributed by atoms with Crippen LogP contribution in [0.25, 0.3) is 0 Å². The van der Waals surface area contributed by atoms with Gasteiger partial charge >= 0.3 is 11.8 Å². The molecule has 1 N–H and O–H groups in total. The normalized spacial score (nSPS) is 11.0. The van der Waals surface area contributed by atoms with E-state index in [1.54, 1.807) is 0 Å². The van der Waals surface area contributed by atoms with Crippen LogP contribution in [0.2, 0.25) is 0 Å². The molecule has 0 aliphatic heterocycles. The van der Waals surface area contributed by atoms with Crippen LogP contribution in [0.5, 0.6) is 0 Å². The van der Waals surface area contributed by atoms with E-state index in [1.807, 2.05) is 84.9 Å². The minimum Gasteiger partial charge on any atom is -0.318 e. The van der Waals surface area contributed by atoms with Crippen LogP contribution in [0.15, 0.2) is 84.9 Å². The third-order valence-corrected chi connectivity index (χ3v) is 4.70. The van der Waals surface area contributed by atoms with E-state index < -0.39 is 11.8 Å². The first kappa shape index (κ1) is 20.3. The first-order valence-electron chi connectivity index (χ1n) is 9.67. The molecule has 0 aromatic heterocycles. The lowest BCUT2D eigenvalue weighted by Gasteiger charge is -2.23. The summed E-state index contributed by atoms with van der Waals surface area (Å²) < 4.78 is 0. The second kappa shape index (κ2) is 8.74. The van der Waals surface area contributed by atoms with Crippen LogP contribution in [0.1, 0.15) is 31.9 Å². The van der Waals surface area contributed by atoms with Gasteiger partial charge in [0.1, 0.15) is 0 Å². The van der Waals surface area contributed by atoms with Crippen molar-refractivity contribution in [3.05, 3.63) is 96.1 Å². The zero-order chi connectivity index (χ0) is 20.9. The van der Waals surface area contributed by atoms with Crippen LogP contribution in [0, 0.1) is 0 Å². The Morgan fingerprint density at radius 3 is 1.90 bits per heavy atom. The molecule has 0 saturated heterocycles. The highest BCUT2D eigenvalue weighted by Crippen LogP contribution is 2.24. The highest BCUT2D eigenvalue weighted by Gasteiger charge is 2.24. The molecule has 3 aromatic carbocycles. The summed E-state index contributed by atoms with van der Waals surface area (Å²) in [4.78, 5) is 27.2. The molecule has 29 heavy (non-hydrogen) atoms. The number of hydrogen-bond acceptors (Lipinski definition) is 2. The molecule has 148 valence electrons. The lowest BCUT2D eigenvalue weighted by atomic mass is 9.87. The first-order chi connectivity index (χ1) is 13.8. The van der Waals surface area contributed by atoms with Crippen molar-refractivity contribution >= 4 is 23.2 Å². The summed E-state index contributed by atoms with van der Waals surface area (Å²) in [6.07, 6.45) is 0. The molecule has 0 unspecified atom stereocenters. The molecule has 4 nitrogen and oxygen atoms in total. The number of carbonyl (C=O) groups excluding carboxylic acids is 2. The topological polar surface area (TPSA) is 49.4 Å². The van der Waals surface area contributed by atoms with E-state index in [-0.39, 0.29) is 5.41 Å². The molecular weight excluding hydrogens is 360 g/mol. The van der Waals surface area contributed by atoms with Gasteiger partial charge in [-0.2, -0.15) is 0 Å². The molecule has 2 amide bonds. The molecule has 0 aliphatic carbocycles. The van der Waals surface area contributed by atoms with Crippen LogP contribution in [-0.4, -0.2) is 11.8 Å². The largest absolute Gasteiger partial charge is 0.318 e. The van der Waals surface area contributed by atoms with Crippen molar-refractivity contribution in [2.45, 2.75) is 32.7 Å². The molecule has 0 atom stereocenters. The second-order valence-corrected chi connectivity index (χ2v) is 7.99. The molecule has 0 aliphatic rings. The number of rotatable bonds is 4. The predicted molar refractivity (Wildman–Crippen MR) is 118 cm³/mol. The molecule has 0 bridgehead atoms. The van der Waals surface area contributed by atoms with Crippen molar-refractivity contribution in [3.63, 3.8) is 0 Å². The molecular formula is C25H26N2O2. The number of nitrogens with zero attached hydrogens (tertiary/aromatic N) is 1. The fraction of sp³-hybridized carbons (Fsp3) is 0.200. The zero-order valence-electron chi connectivity index (χ0n) is 17.1. The number of nitrogens with one attached hydrogen (secondary N) is 1. The summed E-state index contributed by atoms with van der Waals surface area (Å²) in [7, 11) is 0. The maximum Gasteiger partial charge on any atom is 0.316 e. The Kier molecular flexibility index (Phi) is 6.13. The van der Waals surface area contributed by atoms with Gasteiger partial charge in [-0.15, -0.1) is 0 Å². The van der Waals surface area contributed by atoms with Crippen LogP contribution >= 0.6 is 0 Å². The third-order valence-electron chi connectivity index (χ3n) is 4.70. The molecule has 0 radical (unpaired) electrons. The van der Waals surface area contributed by atoms with E-state index in [0.29, 0.717) is 17.9 Å². The SMILES string of the molecule is CC(C)(C)c1ccc(NC(=O)C(=O)N(Cc2ccccc2)c2ccccc2)cc1. The number of para-hydroxylation sites is 1. The fourth-order valence-corrected chi connectivity index (χ4v) is 3.01. The Balaban J connectivity index is 1.79. The molecule has 0 heterocycles. The number of benzene rings is 3. The van der Waals surface area contributed by atoms with Crippen LogP contribution in [-0.2, 0) is 21.5 Å². The number of hydrogen-bond donors (Lipinski definition) is 1. The van der Waals surface area contributed by atoms with Crippen molar-refractivity contribution < 1.29 is 9.59 Å². The van der Waals surface area contributed by atoms with Gasteiger partial charge in [0.05, 0.1) is 6.54 Å². The van der Waals surface area contributed by atoms with E-state index >= 15 is 0 Å². The maximum atomic E-state index is 13.0. The predicted octanol–water partition coefficient (Wildman–Crippen LogP) is 5.16. The Bertz CT molecular complexity index is 959. The van der Waals surface area contributed by atoms with Gasteiger partial charge in [-0.3, -0.25) is 14.5 Å². The summed E-state index contributed by atoms with van der Waals surface area (Å²) in [6, 6.07) is 26.5. The summed E-state index contributed by atoms with van der Waals surface area (Å²) in [5, 5.41) is 2.73. The lowest BCUT2D eigenvalue weighted by Crippen LogP contribution is -2.39. The van der Waals surface area contributed by atoms with Gasteiger partial charge in [0.15, 0.2) is 0 Å². The molecule has 0 spiro atoms. The summed E-state index contributed by atoms with van der Waals surface area (Å²) in [5.74, 6) is -1.26. The van der Waals surface area contributed by atoms with Gasteiger partial charge in [-0.1, -0.05) is 81.4 Å². The lowest BCUT2D eigenvalue weighted by molar-refractivity contribution is -0.134. The second-order valence-electron chi connectivity index (χ2n) is 7.99. The number of anilines is 2. The first-order valence-corrected chi connectivity index (χ1v) is 9.67. The number of carbonyl (C=O) groups is 2. The van der Waals surface area contributed by atoms with Crippen LogP contribution < -0.4 is 10.2 Å². The van der Waals surface area contributed by atoms with Crippen molar-refractivity contribution in [1.29, 1.82) is 0 Å². The summed E-state index contributed by atoms with van der Waals surface area (Å²) >= 11 is 0. The van der Waals surface area contributed by atoms with Crippen molar-refractivity contribution in [2.75, 3.05) is 10.2 Å². The minimum absolute atomic E-state index is 0.0259. The van der Waals surface area contributed by atoms with Gasteiger partial charge in [-0.25, -0.2) is 0 Å². The van der Waals surface area contributed by atoms with Crippen LogP contribution in [0.3, 0.4) is 0 Å². The van der Waals surface area contributed by atoms with Gasteiger partial charge in [0.2, 0.25) is 0 Å². The average Bonchev–Trinajstić information content (AvgIpc) is 2.72. The average molecular weight is 386 g/mol. The van der Waals surface area contributed by atoms with Gasteiger partial charge in [-0.05, 0) is 40.8 Å². The Labute approximate surface area is 172 Å². The highest BCUT2D eigenvalue weighted by atomic mass is 16.2. The Hall–Kier alpha value is -3.40. The van der Waals surface area contributed by atoms with Crippen LogP contribution in [0.4, 0.5) is 11.4 Å². The van der Waals surface area contributed by atoms with E-state index in [0.717, 1.165) is 11.1 Å². The summed E-state index contributed by atoms with van der Waals surface area (Å²) in [5.41, 5.74) is 3.42. The van der Waals surface area contributed by atoms with Crippen molar-refractivity contribution in [3.8, 4) is 0 Å². The smallest absolute Gasteiger partial charge is 0.316 e. The highest BCUT2D eigenvalue weighted by molar-refractivity contribution is 6.44. The third kappa shape index (κ3) is 5.32. The van der Waals surface area contributed by atoms with Gasteiger partial charge < -0.3 is 5.32 Å². The minimum atomic E-state index is -0.659. The van der Waals surface area contributed by atoms with E-state index in [2.05, 4.69) is 26.1 Å². The van der Waals surface area contributed by atoms with E-state index in [4.69, 9.17) is 0 Å². The molecule has 3 aromatic rings. The van der Waals surface area contributed by atoms with Gasteiger partial charge in [0.25, 0.3) is 0 Å². The Morgan fingerprint density at radius 2 is 1.34 bits per heavy atom. The maximum absolute atomic E-state index is 13.0. The number of amides is 2. The van der Waals surface area contributed by atoms with Gasteiger partial charge in [0, 0.05) is 11.4 Å². The molecule has 3 rings (SSSR count). The quantitative estimate of drug-likeness (QED) is 0.630. The molecule has 0 fully saturated rings. The monoisotopic (exact) mass is 386 g/mol. The van der Waals surface area contributed by atoms with E-state index in [9.17, 15) is 9.59 Å². The Morgan fingerprint density at radius 1 is 0.793 bits per heavy atom. The summed E-state index contributed by atoms with van der Waals surface area (Å²) in [6.45, 7) is 6.71. The van der Waals surface area contributed by atoms with Crippen molar-refractivity contribution in [1.82, 2.24) is 0 Å².